The Hall–Kier alpha value is -1.98. The highest BCUT2D eigenvalue weighted by Gasteiger charge is 2.08. The zero-order chi connectivity index (χ0) is 16.4. The van der Waals surface area contributed by atoms with Gasteiger partial charge in [-0.15, -0.1) is 11.3 Å². The average molecular weight is 387 g/mol. The fraction of sp³-hybridized carbons (Fsp3) is 0.111. The molecule has 1 N–H and O–H groups in total. The van der Waals surface area contributed by atoms with Gasteiger partial charge in [0.15, 0.2) is 0 Å². The number of halogens is 1. The quantitative estimate of drug-likeness (QED) is 0.650. The number of carbonyl (C=O) groups is 1. The van der Waals surface area contributed by atoms with Crippen LogP contribution in [0.2, 0.25) is 0 Å². The van der Waals surface area contributed by atoms with Gasteiger partial charge in [0.25, 0.3) is 5.91 Å². The van der Waals surface area contributed by atoms with Gasteiger partial charge in [0.1, 0.15) is 0 Å². The molecule has 1 heterocycles. The maximum Gasteiger partial charge on any atom is 0.255 e. The minimum atomic E-state index is -0.118. The van der Waals surface area contributed by atoms with E-state index in [1.54, 1.807) is 11.3 Å². The first-order valence-corrected chi connectivity index (χ1v) is 8.80. The van der Waals surface area contributed by atoms with Crippen LogP contribution in [0.25, 0.3) is 11.3 Å². The molecule has 0 spiro atoms. The van der Waals surface area contributed by atoms with Crippen LogP contribution in [-0.4, -0.2) is 10.9 Å². The van der Waals surface area contributed by atoms with Crippen molar-refractivity contribution in [3.63, 3.8) is 0 Å². The van der Waals surface area contributed by atoms with Crippen molar-refractivity contribution in [1.82, 2.24) is 4.98 Å². The lowest BCUT2D eigenvalue weighted by atomic mass is 10.1. The molecule has 5 heteroatoms. The van der Waals surface area contributed by atoms with Crippen LogP contribution in [0.5, 0.6) is 0 Å². The normalized spacial score (nSPS) is 10.6. The summed E-state index contributed by atoms with van der Waals surface area (Å²) in [7, 11) is 0. The largest absolute Gasteiger partial charge is 0.322 e. The van der Waals surface area contributed by atoms with Crippen LogP contribution in [0.3, 0.4) is 0 Å². The molecule has 116 valence electrons. The Morgan fingerprint density at radius 3 is 2.48 bits per heavy atom. The average Bonchev–Trinajstić information content (AvgIpc) is 2.97. The summed E-state index contributed by atoms with van der Waals surface area (Å²) in [5.41, 5.74) is 4.46. The Kier molecular flexibility index (Phi) is 4.59. The lowest BCUT2D eigenvalue weighted by molar-refractivity contribution is 0.102. The van der Waals surface area contributed by atoms with E-state index in [1.807, 2.05) is 61.7 Å². The number of thiazole rings is 1. The van der Waals surface area contributed by atoms with Gasteiger partial charge in [0, 0.05) is 26.7 Å². The Bertz CT molecular complexity index is 856. The zero-order valence-electron chi connectivity index (χ0n) is 12.8. The van der Waals surface area contributed by atoms with Crippen molar-refractivity contribution in [1.29, 1.82) is 0 Å². The molecule has 0 saturated heterocycles. The molecule has 0 radical (unpaired) electrons. The maximum absolute atomic E-state index is 12.3. The molecule has 0 atom stereocenters. The van der Waals surface area contributed by atoms with E-state index in [0.29, 0.717) is 5.56 Å². The van der Waals surface area contributed by atoms with Gasteiger partial charge in [-0.3, -0.25) is 4.79 Å². The molecule has 23 heavy (non-hydrogen) atoms. The van der Waals surface area contributed by atoms with Crippen molar-refractivity contribution >= 4 is 38.9 Å². The highest BCUT2D eigenvalue weighted by Crippen LogP contribution is 2.23. The summed E-state index contributed by atoms with van der Waals surface area (Å²) >= 11 is 5.07. The van der Waals surface area contributed by atoms with Gasteiger partial charge in [0.05, 0.1) is 10.7 Å². The van der Waals surface area contributed by atoms with E-state index in [9.17, 15) is 4.79 Å². The van der Waals surface area contributed by atoms with E-state index in [2.05, 4.69) is 26.2 Å². The van der Waals surface area contributed by atoms with Crippen molar-refractivity contribution in [2.24, 2.45) is 0 Å². The minimum absolute atomic E-state index is 0.118. The van der Waals surface area contributed by atoms with Crippen molar-refractivity contribution in [3.8, 4) is 11.3 Å². The molecule has 0 aliphatic heterocycles. The molecule has 1 aromatic heterocycles. The van der Waals surface area contributed by atoms with E-state index >= 15 is 0 Å². The smallest absolute Gasteiger partial charge is 0.255 e. The van der Waals surface area contributed by atoms with E-state index < -0.39 is 0 Å². The Balaban J connectivity index is 1.76. The first-order valence-electron chi connectivity index (χ1n) is 7.13. The molecule has 0 bridgehead atoms. The third kappa shape index (κ3) is 3.68. The van der Waals surface area contributed by atoms with E-state index in [4.69, 9.17) is 0 Å². The molecule has 3 aromatic rings. The number of aryl methyl sites for hydroxylation is 2. The Morgan fingerprint density at radius 2 is 1.87 bits per heavy atom. The van der Waals surface area contributed by atoms with Crippen LogP contribution in [0, 0.1) is 13.8 Å². The molecule has 3 nitrogen and oxygen atoms in total. The highest BCUT2D eigenvalue weighted by molar-refractivity contribution is 9.10. The fourth-order valence-corrected chi connectivity index (χ4v) is 3.08. The number of benzene rings is 2. The van der Waals surface area contributed by atoms with Crippen molar-refractivity contribution < 1.29 is 4.79 Å². The standard InChI is InChI=1S/C18H15BrN2OS/c1-11-9-15(7-8-16(11)19)21-18(22)14-5-3-13(4-6-14)17-10-23-12(2)20-17/h3-10H,1-2H3,(H,21,22). The molecule has 0 fully saturated rings. The van der Waals surface area contributed by atoms with Gasteiger partial charge < -0.3 is 5.32 Å². The van der Waals surface area contributed by atoms with Crippen molar-refractivity contribution in [3.05, 3.63) is 68.5 Å². The van der Waals surface area contributed by atoms with Crippen LogP contribution in [0.4, 0.5) is 5.69 Å². The summed E-state index contributed by atoms with van der Waals surface area (Å²) in [6.07, 6.45) is 0. The first kappa shape index (κ1) is 15.9. The second-order valence-electron chi connectivity index (χ2n) is 5.25. The van der Waals surface area contributed by atoms with Gasteiger partial charge in [-0.25, -0.2) is 4.98 Å². The molecular weight excluding hydrogens is 372 g/mol. The Morgan fingerprint density at radius 1 is 1.13 bits per heavy atom. The SMILES string of the molecule is Cc1nc(-c2ccc(C(=O)Nc3ccc(Br)c(C)c3)cc2)cs1. The second kappa shape index (κ2) is 6.64. The monoisotopic (exact) mass is 386 g/mol. The number of aromatic nitrogens is 1. The number of hydrogen-bond donors (Lipinski definition) is 1. The van der Waals surface area contributed by atoms with Crippen molar-refractivity contribution in [2.75, 3.05) is 5.32 Å². The lowest BCUT2D eigenvalue weighted by Crippen LogP contribution is -2.11. The van der Waals surface area contributed by atoms with E-state index in [0.717, 1.165) is 32.0 Å². The van der Waals surface area contributed by atoms with Gasteiger partial charge in [-0.2, -0.15) is 0 Å². The predicted octanol–water partition coefficient (Wildman–Crippen LogP) is 5.44. The molecule has 0 unspecified atom stereocenters. The topological polar surface area (TPSA) is 42.0 Å². The third-order valence-electron chi connectivity index (χ3n) is 3.48. The third-order valence-corrected chi connectivity index (χ3v) is 5.14. The summed E-state index contributed by atoms with van der Waals surface area (Å²) in [6, 6.07) is 13.2. The molecule has 3 rings (SSSR count). The molecule has 2 aromatic carbocycles. The Labute approximate surface area is 147 Å². The molecular formula is C18H15BrN2OS. The van der Waals surface area contributed by atoms with Crippen LogP contribution >= 0.6 is 27.3 Å². The van der Waals surface area contributed by atoms with E-state index in [1.165, 1.54) is 0 Å². The molecule has 0 saturated carbocycles. The van der Waals surface area contributed by atoms with Gasteiger partial charge in [-0.1, -0.05) is 28.1 Å². The van der Waals surface area contributed by atoms with E-state index in [-0.39, 0.29) is 5.91 Å². The summed E-state index contributed by atoms with van der Waals surface area (Å²) in [5, 5.41) is 5.97. The summed E-state index contributed by atoms with van der Waals surface area (Å²) in [4.78, 5) is 16.8. The lowest BCUT2D eigenvalue weighted by Gasteiger charge is -2.07. The zero-order valence-corrected chi connectivity index (χ0v) is 15.2. The molecule has 1 amide bonds. The summed E-state index contributed by atoms with van der Waals surface area (Å²) in [5.74, 6) is -0.118. The maximum atomic E-state index is 12.3. The molecule has 0 aliphatic rings. The number of nitrogens with one attached hydrogen (secondary N) is 1. The second-order valence-corrected chi connectivity index (χ2v) is 7.16. The minimum Gasteiger partial charge on any atom is -0.322 e. The van der Waals surface area contributed by atoms with Gasteiger partial charge in [0.2, 0.25) is 0 Å². The van der Waals surface area contributed by atoms with Crippen molar-refractivity contribution in [2.45, 2.75) is 13.8 Å². The van der Waals surface area contributed by atoms with Gasteiger partial charge in [-0.05, 0) is 49.7 Å². The number of carbonyl (C=O) groups excluding carboxylic acids is 1. The predicted molar refractivity (Wildman–Crippen MR) is 99.1 cm³/mol. The number of nitrogens with zero attached hydrogens (tertiary/aromatic N) is 1. The number of hydrogen-bond acceptors (Lipinski definition) is 3. The number of amides is 1. The van der Waals surface area contributed by atoms with Crippen LogP contribution < -0.4 is 5.32 Å². The molecule has 0 aliphatic carbocycles. The number of rotatable bonds is 3. The fourth-order valence-electron chi connectivity index (χ4n) is 2.21. The number of anilines is 1. The first-order chi connectivity index (χ1) is 11.0. The van der Waals surface area contributed by atoms with Crippen LogP contribution in [0.1, 0.15) is 20.9 Å². The van der Waals surface area contributed by atoms with Gasteiger partial charge >= 0.3 is 0 Å². The summed E-state index contributed by atoms with van der Waals surface area (Å²) in [6.45, 7) is 3.97. The van der Waals surface area contributed by atoms with Crippen LogP contribution in [-0.2, 0) is 0 Å². The highest BCUT2D eigenvalue weighted by atomic mass is 79.9. The van der Waals surface area contributed by atoms with Crippen LogP contribution in [0.15, 0.2) is 52.3 Å². The summed E-state index contributed by atoms with van der Waals surface area (Å²) < 4.78 is 1.03.